The van der Waals surface area contributed by atoms with Crippen molar-refractivity contribution in [3.63, 3.8) is 0 Å². The molecule has 2 atom stereocenters. The van der Waals surface area contributed by atoms with E-state index in [1.54, 1.807) is 0 Å². The minimum Gasteiger partial charge on any atom is -0.366 e. The molecule has 1 aliphatic rings. The molecule has 1 fully saturated rings. The van der Waals surface area contributed by atoms with Crippen LogP contribution in [0.5, 0.6) is 0 Å². The van der Waals surface area contributed by atoms with Crippen LogP contribution >= 0.6 is 11.8 Å². The molecule has 1 heterocycles. The largest absolute Gasteiger partial charge is 0.366 e. The van der Waals surface area contributed by atoms with E-state index < -0.39 is 0 Å². The van der Waals surface area contributed by atoms with E-state index in [1.807, 2.05) is 17.8 Å². The van der Waals surface area contributed by atoms with Gasteiger partial charge < -0.3 is 10.2 Å². The van der Waals surface area contributed by atoms with E-state index >= 15 is 0 Å². The first-order valence-electron chi connectivity index (χ1n) is 7.79. The van der Waals surface area contributed by atoms with Crippen LogP contribution in [0.15, 0.2) is 18.2 Å². The summed E-state index contributed by atoms with van der Waals surface area (Å²) in [6.45, 7) is 9.57. The smallest absolute Gasteiger partial charge is 0.101 e. The first-order chi connectivity index (χ1) is 10.2. The van der Waals surface area contributed by atoms with Crippen molar-refractivity contribution >= 4 is 17.4 Å². The molecule has 1 aromatic carbocycles. The highest BCUT2D eigenvalue weighted by Gasteiger charge is 2.26. The van der Waals surface area contributed by atoms with Crippen molar-refractivity contribution in [1.82, 2.24) is 5.32 Å². The number of nitrogens with one attached hydrogen (secondary N) is 1. The molecular formula is C17H25N3S. The monoisotopic (exact) mass is 303 g/mol. The van der Waals surface area contributed by atoms with Gasteiger partial charge in [-0.15, -0.1) is 0 Å². The number of hydrogen-bond donors (Lipinski definition) is 1. The van der Waals surface area contributed by atoms with Gasteiger partial charge in [-0.3, -0.25) is 0 Å². The van der Waals surface area contributed by atoms with E-state index in [2.05, 4.69) is 49.2 Å². The summed E-state index contributed by atoms with van der Waals surface area (Å²) in [5.41, 5.74) is 3.09. The highest BCUT2D eigenvalue weighted by Crippen LogP contribution is 2.31. The van der Waals surface area contributed by atoms with Gasteiger partial charge in [0.15, 0.2) is 0 Å². The highest BCUT2D eigenvalue weighted by atomic mass is 32.2. The van der Waals surface area contributed by atoms with Crippen molar-refractivity contribution in [2.75, 3.05) is 23.7 Å². The van der Waals surface area contributed by atoms with Crippen LogP contribution in [-0.4, -0.2) is 30.1 Å². The van der Waals surface area contributed by atoms with Gasteiger partial charge in [0.25, 0.3) is 0 Å². The Morgan fingerprint density at radius 1 is 1.43 bits per heavy atom. The van der Waals surface area contributed by atoms with Crippen LogP contribution in [0.2, 0.25) is 0 Å². The number of nitriles is 1. The van der Waals surface area contributed by atoms with E-state index in [1.165, 1.54) is 5.56 Å². The van der Waals surface area contributed by atoms with Crippen LogP contribution in [0.1, 0.15) is 38.3 Å². The summed E-state index contributed by atoms with van der Waals surface area (Å²) in [7, 11) is 0. The molecule has 0 spiro atoms. The Bertz CT molecular complexity index is 509. The Morgan fingerprint density at radius 3 is 2.95 bits per heavy atom. The third-order valence-corrected chi connectivity index (χ3v) is 5.47. The number of nitrogens with zero attached hydrogens (tertiary/aromatic N) is 2. The second-order valence-electron chi connectivity index (χ2n) is 5.65. The Labute approximate surface area is 132 Å². The second kappa shape index (κ2) is 7.72. The van der Waals surface area contributed by atoms with Crippen molar-refractivity contribution in [1.29, 1.82) is 5.26 Å². The van der Waals surface area contributed by atoms with Crippen LogP contribution in [0.25, 0.3) is 0 Å². The third kappa shape index (κ3) is 3.93. The summed E-state index contributed by atoms with van der Waals surface area (Å²) in [6, 6.07) is 9.17. The zero-order valence-corrected chi connectivity index (χ0v) is 14.0. The molecule has 0 bridgehead atoms. The lowest BCUT2D eigenvalue weighted by molar-refractivity contribution is 0.626. The number of rotatable bonds is 5. The van der Waals surface area contributed by atoms with Crippen LogP contribution in [0, 0.1) is 11.3 Å². The summed E-state index contributed by atoms with van der Waals surface area (Å²) in [6.07, 6.45) is 1.13. The van der Waals surface area contributed by atoms with Gasteiger partial charge in [0, 0.05) is 30.1 Å². The van der Waals surface area contributed by atoms with Crippen molar-refractivity contribution in [2.45, 2.75) is 45.0 Å². The molecule has 4 heteroatoms. The van der Waals surface area contributed by atoms with Gasteiger partial charge in [-0.25, -0.2) is 0 Å². The van der Waals surface area contributed by atoms with Gasteiger partial charge in [0.2, 0.25) is 0 Å². The van der Waals surface area contributed by atoms with Gasteiger partial charge in [0.1, 0.15) is 6.07 Å². The normalized spacial score (nSPS) is 22.1. The van der Waals surface area contributed by atoms with Gasteiger partial charge in [-0.05, 0) is 37.6 Å². The van der Waals surface area contributed by atoms with Gasteiger partial charge in [-0.2, -0.15) is 17.0 Å². The maximum Gasteiger partial charge on any atom is 0.101 e. The fourth-order valence-electron chi connectivity index (χ4n) is 2.72. The Morgan fingerprint density at radius 2 is 2.24 bits per heavy atom. The van der Waals surface area contributed by atoms with E-state index in [4.69, 9.17) is 0 Å². The van der Waals surface area contributed by atoms with Crippen LogP contribution in [0.3, 0.4) is 0 Å². The molecule has 114 valence electrons. The minimum atomic E-state index is 0.472. The molecule has 3 nitrogen and oxygen atoms in total. The first-order valence-corrected chi connectivity index (χ1v) is 8.84. The summed E-state index contributed by atoms with van der Waals surface area (Å²) < 4.78 is 0. The number of anilines is 1. The Balaban J connectivity index is 2.18. The molecule has 0 radical (unpaired) electrons. The van der Waals surface area contributed by atoms with E-state index in [0.717, 1.165) is 43.1 Å². The third-order valence-electron chi connectivity index (χ3n) is 4.13. The summed E-state index contributed by atoms with van der Waals surface area (Å²) in [5, 5.41) is 13.5. The molecule has 0 aliphatic carbocycles. The fraction of sp³-hybridized carbons (Fsp3) is 0.588. The predicted molar refractivity (Wildman–Crippen MR) is 91.9 cm³/mol. The minimum absolute atomic E-state index is 0.472. The molecule has 21 heavy (non-hydrogen) atoms. The van der Waals surface area contributed by atoms with Crippen LogP contribution < -0.4 is 10.2 Å². The SMILES string of the molecule is CCCNCc1ccc(N2CCSC(C)C2C)c(C#N)c1. The zero-order chi connectivity index (χ0) is 15.2. The summed E-state index contributed by atoms with van der Waals surface area (Å²) in [4.78, 5) is 2.39. The second-order valence-corrected chi connectivity index (χ2v) is 7.14. The quantitative estimate of drug-likeness (QED) is 0.846. The molecule has 1 saturated heterocycles. The van der Waals surface area contributed by atoms with Crippen molar-refractivity contribution in [3.8, 4) is 6.07 Å². The molecule has 0 amide bonds. The Kier molecular flexibility index (Phi) is 5.96. The highest BCUT2D eigenvalue weighted by molar-refractivity contribution is 8.00. The van der Waals surface area contributed by atoms with Gasteiger partial charge in [0.05, 0.1) is 11.3 Å². The predicted octanol–water partition coefficient (Wildman–Crippen LogP) is 3.39. The number of benzene rings is 1. The molecule has 1 N–H and O–H groups in total. The van der Waals surface area contributed by atoms with Crippen molar-refractivity contribution in [3.05, 3.63) is 29.3 Å². The van der Waals surface area contributed by atoms with E-state index in [-0.39, 0.29) is 0 Å². The standard InChI is InChI=1S/C17H25N3S/c1-4-7-19-12-15-5-6-17(16(10-15)11-18)20-8-9-21-14(3)13(20)2/h5-6,10,13-14,19H,4,7-9,12H2,1-3H3. The molecule has 1 aliphatic heterocycles. The van der Waals surface area contributed by atoms with Gasteiger partial charge in [-0.1, -0.05) is 19.9 Å². The summed E-state index contributed by atoms with van der Waals surface area (Å²) >= 11 is 2.02. The van der Waals surface area contributed by atoms with Crippen LogP contribution in [-0.2, 0) is 6.54 Å². The maximum absolute atomic E-state index is 9.49. The van der Waals surface area contributed by atoms with Crippen molar-refractivity contribution in [2.24, 2.45) is 0 Å². The molecule has 1 aromatic rings. The number of hydrogen-bond acceptors (Lipinski definition) is 4. The van der Waals surface area contributed by atoms with E-state index in [9.17, 15) is 5.26 Å². The average molecular weight is 303 g/mol. The molecule has 0 aromatic heterocycles. The number of thioether (sulfide) groups is 1. The first kappa shape index (κ1) is 16.2. The lowest BCUT2D eigenvalue weighted by Gasteiger charge is -2.39. The topological polar surface area (TPSA) is 39.1 Å². The molecule has 2 unspecified atom stereocenters. The Hall–Kier alpha value is -1.18. The van der Waals surface area contributed by atoms with Crippen LogP contribution in [0.4, 0.5) is 5.69 Å². The molecule has 0 saturated carbocycles. The summed E-state index contributed by atoms with van der Waals surface area (Å²) in [5.74, 6) is 1.14. The lowest BCUT2D eigenvalue weighted by atomic mass is 10.1. The molecular weight excluding hydrogens is 278 g/mol. The maximum atomic E-state index is 9.49. The van der Waals surface area contributed by atoms with Crippen molar-refractivity contribution < 1.29 is 0 Å². The zero-order valence-electron chi connectivity index (χ0n) is 13.2. The average Bonchev–Trinajstić information content (AvgIpc) is 2.50. The van der Waals surface area contributed by atoms with Gasteiger partial charge >= 0.3 is 0 Å². The lowest BCUT2D eigenvalue weighted by Crippen LogP contribution is -2.45. The molecule has 2 rings (SSSR count). The van der Waals surface area contributed by atoms with E-state index in [0.29, 0.717) is 11.3 Å². The fourth-order valence-corrected chi connectivity index (χ4v) is 3.82.